The zero-order valence-electron chi connectivity index (χ0n) is 16.7. The number of nitrogens with one attached hydrogen (secondary N) is 3. The number of rotatable bonds is 10. The molecule has 0 amide bonds. The summed E-state index contributed by atoms with van der Waals surface area (Å²) >= 11 is 0. The van der Waals surface area contributed by atoms with E-state index < -0.39 is 0 Å². The molecular weight excluding hydrogens is 368 g/mol. The highest BCUT2D eigenvalue weighted by Crippen LogP contribution is 2.13. The van der Waals surface area contributed by atoms with E-state index in [0.29, 0.717) is 32.0 Å². The molecule has 0 spiro atoms. The van der Waals surface area contributed by atoms with Crippen molar-refractivity contribution in [1.82, 2.24) is 16.1 Å². The van der Waals surface area contributed by atoms with Gasteiger partial charge < -0.3 is 20.1 Å². The largest absolute Gasteiger partial charge is 0.377 e. The molecule has 2 heterocycles. The zero-order valence-corrected chi connectivity index (χ0v) is 16.7. The molecule has 1 unspecified atom stereocenters. The fourth-order valence-electron chi connectivity index (χ4n) is 2.84. The van der Waals surface area contributed by atoms with Gasteiger partial charge in [-0.2, -0.15) is 0 Å². The Labute approximate surface area is 172 Å². The van der Waals surface area contributed by atoms with E-state index in [1.807, 2.05) is 36.6 Å². The number of hydrogen-bond donors (Lipinski definition) is 3. The molecule has 7 heteroatoms. The Morgan fingerprint density at radius 1 is 1.31 bits per heavy atom. The Kier molecular flexibility index (Phi) is 8.78. The van der Waals surface area contributed by atoms with Crippen molar-refractivity contribution in [2.75, 3.05) is 26.3 Å². The van der Waals surface area contributed by atoms with Crippen LogP contribution in [0.15, 0.2) is 71.6 Å². The van der Waals surface area contributed by atoms with Crippen LogP contribution in [0.4, 0.5) is 0 Å². The lowest BCUT2D eigenvalue weighted by molar-refractivity contribution is -0.189. The lowest BCUT2D eigenvalue weighted by Gasteiger charge is -2.22. The number of amidine groups is 1. The van der Waals surface area contributed by atoms with Gasteiger partial charge in [0.05, 0.1) is 37.7 Å². The SMILES string of the molecule is C=C(/C=C/C1=CNC(=NCCOCc2ccccc2)CN1)NOC1CCCCO1. The molecule has 2 aliphatic heterocycles. The molecule has 3 N–H and O–H groups in total. The van der Waals surface area contributed by atoms with Crippen LogP contribution in [0.25, 0.3) is 0 Å². The van der Waals surface area contributed by atoms with Crippen molar-refractivity contribution < 1.29 is 14.3 Å². The summed E-state index contributed by atoms with van der Waals surface area (Å²) in [6, 6.07) is 10.1. The van der Waals surface area contributed by atoms with Gasteiger partial charge in [-0.1, -0.05) is 36.9 Å². The monoisotopic (exact) mass is 398 g/mol. The van der Waals surface area contributed by atoms with Crippen LogP contribution in [0.3, 0.4) is 0 Å². The highest BCUT2D eigenvalue weighted by atomic mass is 16.8. The zero-order chi connectivity index (χ0) is 20.2. The van der Waals surface area contributed by atoms with Gasteiger partial charge in [0.2, 0.25) is 0 Å². The Morgan fingerprint density at radius 2 is 2.21 bits per heavy atom. The van der Waals surface area contributed by atoms with Crippen LogP contribution < -0.4 is 16.1 Å². The smallest absolute Gasteiger partial charge is 0.183 e. The number of nitrogens with zero attached hydrogens (tertiary/aromatic N) is 1. The summed E-state index contributed by atoms with van der Waals surface area (Å²) in [5, 5.41) is 6.51. The fourth-order valence-corrected chi connectivity index (χ4v) is 2.84. The number of benzene rings is 1. The van der Waals surface area contributed by atoms with Crippen molar-refractivity contribution in [3.8, 4) is 0 Å². The normalized spacial score (nSPS) is 20.8. The van der Waals surface area contributed by atoms with Gasteiger partial charge in [0.25, 0.3) is 0 Å². The van der Waals surface area contributed by atoms with Crippen molar-refractivity contribution in [3.05, 3.63) is 72.2 Å². The molecule has 1 atom stereocenters. The van der Waals surface area contributed by atoms with Gasteiger partial charge >= 0.3 is 0 Å². The van der Waals surface area contributed by atoms with Gasteiger partial charge in [-0.25, -0.2) is 4.84 Å². The minimum atomic E-state index is -0.196. The van der Waals surface area contributed by atoms with Crippen molar-refractivity contribution in [1.29, 1.82) is 0 Å². The Balaban J connectivity index is 1.30. The third-order valence-electron chi connectivity index (χ3n) is 4.43. The first-order valence-electron chi connectivity index (χ1n) is 10.1. The molecule has 1 fully saturated rings. The van der Waals surface area contributed by atoms with E-state index in [1.54, 1.807) is 0 Å². The minimum Gasteiger partial charge on any atom is -0.377 e. The molecule has 1 aromatic carbocycles. The molecule has 29 heavy (non-hydrogen) atoms. The van der Waals surface area contributed by atoms with Gasteiger partial charge in [-0.15, -0.1) is 0 Å². The Morgan fingerprint density at radius 3 is 2.97 bits per heavy atom. The molecule has 0 bridgehead atoms. The van der Waals surface area contributed by atoms with Crippen molar-refractivity contribution in [2.24, 2.45) is 4.99 Å². The van der Waals surface area contributed by atoms with Crippen LogP contribution in [0, 0.1) is 0 Å². The van der Waals surface area contributed by atoms with Gasteiger partial charge in [-0.3, -0.25) is 10.5 Å². The third-order valence-corrected chi connectivity index (χ3v) is 4.43. The van der Waals surface area contributed by atoms with Gasteiger partial charge in [0.1, 0.15) is 5.84 Å². The molecule has 156 valence electrons. The van der Waals surface area contributed by atoms with Crippen LogP contribution in [0.1, 0.15) is 24.8 Å². The van der Waals surface area contributed by atoms with Gasteiger partial charge in [0.15, 0.2) is 6.29 Å². The molecule has 0 radical (unpaired) electrons. The Hall–Kier alpha value is -2.61. The standard InChI is InChI=1S/C22H30N4O3/c1-18(26-29-22-9-5-6-13-28-22)10-11-20-15-25-21(16-24-20)23-12-14-27-17-19-7-3-2-4-8-19/h2-4,7-8,10-11,15,22,24,26H,1,5-6,9,12-14,16-17H2,(H,23,25)/b11-10+. The summed E-state index contributed by atoms with van der Waals surface area (Å²) in [4.78, 5) is 10.00. The first-order valence-corrected chi connectivity index (χ1v) is 10.1. The number of allylic oxidation sites excluding steroid dienone is 2. The van der Waals surface area contributed by atoms with Crippen LogP contribution in [-0.4, -0.2) is 38.4 Å². The van der Waals surface area contributed by atoms with E-state index in [2.05, 4.69) is 39.8 Å². The second kappa shape index (κ2) is 12.1. The number of hydrogen-bond acceptors (Lipinski definition) is 6. The van der Waals surface area contributed by atoms with Gasteiger partial charge in [0, 0.05) is 19.2 Å². The summed E-state index contributed by atoms with van der Waals surface area (Å²) in [5.74, 6) is 0.889. The third kappa shape index (κ3) is 8.11. The number of hydroxylamine groups is 1. The van der Waals surface area contributed by atoms with Crippen LogP contribution in [-0.2, 0) is 20.9 Å². The second-order valence-electron chi connectivity index (χ2n) is 6.84. The maximum Gasteiger partial charge on any atom is 0.183 e. The van der Waals surface area contributed by atoms with E-state index in [1.165, 1.54) is 5.56 Å². The predicted molar refractivity (Wildman–Crippen MR) is 114 cm³/mol. The maximum atomic E-state index is 5.64. The van der Waals surface area contributed by atoms with Crippen molar-refractivity contribution in [2.45, 2.75) is 32.2 Å². The maximum absolute atomic E-state index is 5.64. The van der Waals surface area contributed by atoms with E-state index in [-0.39, 0.29) is 6.29 Å². The summed E-state index contributed by atoms with van der Waals surface area (Å²) in [5.41, 5.74) is 5.61. The highest BCUT2D eigenvalue weighted by molar-refractivity contribution is 5.86. The van der Waals surface area contributed by atoms with E-state index in [4.69, 9.17) is 14.3 Å². The van der Waals surface area contributed by atoms with Crippen LogP contribution in [0.2, 0.25) is 0 Å². The summed E-state index contributed by atoms with van der Waals surface area (Å²) in [6.45, 7) is 7.14. The van der Waals surface area contributed by atoms with Crippen LogP contribution in [0.5, 0.6) is 0 Å². The lowest BCUT2D eigenvalue weighted by Crippen LogP contribution is -2.36. The van der Waals surface area contributed by atoms with E-state index >= 15 is 0 Å². The minimum absolute atomic E-state index is 0.196. The number of ether oxygens (including phenoxy) is 2. The fraction of sp³-hybridized carbons (Fsp3) is 0.409. The Bertz CT molecular complexity index is 725. The van der Waals surface area contributed by atoms with Crippen molar-refractivity contribution in [3.63, 3.8) is 0 Å². The molecule has 2 aliphatic rings. The molecular formula is C22H30N4O3. The molecule has 1 saturated heterocycles. The topological polar surface area (TPSA) is 76.1 Å². The highest BCUT2D eigenvalue weighted by Gasteiger charge is 2.14. The van der Waals surface area contributed by atoms with Gasteiger partial charge in [-0.05, 0) is 30.6 Å². The molecule has 0 aliphatic carbocycles. The number of aliphatic imine (C=N–C) groups is 1. The quantitative estimate of drug-likeness (QED) is 0.320. The van der Waals surface area contributed by atoms with Crippen LogP contribution >= 0.6 is 0 Å². The summed E-state index contributed by atoms with van der Waals surface area (Å²) < 4.78 is 11.1. The molecule has 1 aromatic rings. The second-order valence-corrected chi connectivity index (χ2v) is 6.84. The summed E-state index contributed by atoms with van der Waals surface area (Å²) in [6.07, 6.45) is 8.58. The van der Waals surface area contributed by atoms with E-state index in [0.717, 1.165) is 37.4 Å². The first-order chi connectivity index (χ1) is 14.3. The summed E-state index contributed by atoms with van der Waals surface area (Å²) in [7, 11) is 0. The molecule has 0 saturated carbocycles. The lowest BCUT2D eigenvalue weighted by atomic mass is 10.2. The molecule has 7 nitrogen and oxygen atoms in total. The molecule has 3 rings (SSSR count). The molecule has 0 aromatic heterocycles. The van der Waals surface area contributed by atoms with Crippen molar-refractivity contribution >= 4 is 5.84 Å². The first kappa shape index (κ1) is 21.1. The average Bonchev–Trinajstić information content (AvgIpc) is 2.78. The average molecular weight is 399 g/mol. The predicted octanol–water partition coefficient (Wildman–Crippen LogP) is 2.75. The van der Waals surface area contributed by atoms with E-state index in [9.17, 15) is 0 Å².